The Morgan fingerprint density at radius 2 is 1.87 bits per heavy atom. The van der Waals surface area contributed by atoms with Crippen molar-refractivity contribution in [1.82, 2.24) is 15.2 Å². The number of allylic oxidation sites excluding steroid dienone is 1. The van der Waals surface area contributed by atoms with E-state index in [2.05, 4.69) is 16.9 Å². The van der Waals surface area contributed by atoms with Crippen LogP contribution in [0.3, 0.4) is 0 Å². The molecular weight excluding hydrogens is 600 g/mol. The van der Waals surface area contributed by atoms with E-state index in [0.29, 0.717) is 55.2 Å². The Kier molecular flexibility index (Phi) is 9.93. The van der Waals surface area contributed by atoms with Crippen LogP contribution >= 0.6 is 0 Å². The van der Waals surface area contributed by atoms with Gasteiger partial charge in [-0.3, -0.25) is 4.79 Å². The fourth-order valence-electron chi connectivity index (χ4n) is 5.47. The van der Waals surface area contributed by atoms with Crippen LogP contribution in [0.2, 0.25) is 0 Å². The maximum atomic E-state index is 14.3. The number of ether oxygens (including phenoxy) is 1. The second kappa shape index (κ2) is 13.9. The third-order valence-electron chi connectivity index (χ3n) is 8.14. The van der Waals surface area contributed by atoms with E-state index < -0.39 is 24.5 Å². The number of rotatable bonds is 12. The van der Waals surface area contributed by atoms with Crippen LogP contribution in [0.4, 0.5) is 23.2 Å². The van der Waals surface area contributed by atoms with Crippen LogP contribution in [-0.2, 0) is 4.79 Å². The minimum absolute atomic E-state index is 0.00128. The number of aromatic nitrogens is 1. The lowest BCUT2D eigenvalue weighted by molar-refractivity contribution is -0.125. The highest BCUT2D eigenvalue weighted by Gasteiger charge is 2.43. The first-order valence-corrected chi connectivity index (χ1v) is 15.0. The van der Waals surface area contributed by atoms with Crippen LogP contribution in [0, 0.1) is 0 Å². The number of nitrogens with zero attached hydrogens (tertiary/aromatic N) is 2. The Balaban J connectivity index is 1.35. The number of hydrogen-bond acceptors (Lipinski definition) is 6. The molecule has 2 aromatic carbocycles. The molecule has 1 saturated carbocycles. The second-order valence-electron chi connectivity index (χ2n) is 11.7. The van der Waals surface area contributed by atoms with Crippen molar-refractivity contribution >= 4 is 28.6 Å². The van der Waals surface area contributed by atoms with Crippen molar-refractivity contribution in [3.63, 3.8) is 0 Å². The zero-order chi connectivity index (χ0) is 32.9. The van der Waals surface area contributed by atoms with Crippen LogP contribution in [0.25, 0.3) is 17.0 Å². The molecule has 46 heavy (non-hydrogen) atoms. The number of carbonyl (C=O) groups excluding carboxylic acids is 1. The van der Waals surface area contributed by atoms with Crippen molar-refractivity contribution in [3.05, 3.63) is 108 Å². The quantitative estimate of drug-likeness (QED) is 0.0953. The van der Waals surface area contributed by atoms with E-state index in [1.165, 1.54) is 24.4 Å². The molecule has 2 aliphatic rings. The number of amides is 1. The number of alkyl halides is 3. The molecule has 1 saturated heterocycles. The van der Waals surface area contributed by atoms with Gasteiger partial charge < -0.3 is 25.8 Å². The second-order valence-corrected chi connectivity index (χ2v) is 11.7. The molecule has 1 aliphatic carbocycles. The predicted octanol–water partition coefficient (Wildman–Crippen LogP) is 6.17. The molecule has 4 N–H and O–H groups in total. The molecule has 1 unspecified atom stereocenters. The van der Waals surface area contributed by atoms with E-state index in [4.69, 9.17) is 10.5 Å². The lowest BCUT2D eigenvalue weighted by Crippen LogP contribution is -2.37. The molecule has 5 rings (SSSR count). The summed E-state index contributed by atoms with van der Waals surface area (Å²) in [5, 5.41) is 13.0. The molecule has 0 spiro atoms. The van der Waals surface area contributed by atoms with Crippen molar-refractivity contribution in [2.75, 3.05) is 32.0 Å². The molecule has 0 bridgehead atoms. The van der Waals surface area contributed by atoms with Gasteiger partial charge in [-0.15, -0.1) is 0 Å². The normalized spacial score (nSPS) is 18.0. The number of β-amino-alcohol motifs (C(OH)–C–C–N with tert-alkyl or cyclic N) is 1. The third-order valence-corrected chi connectivity index (χ3v) is 8.14. The highest BCUT2D eigenvalue weighted by atomic mass is 19.4. The van der Waals surface area contributed by atoms with E-state index in [1.807, 2.05) is 0 Å². The van der Waals surface area contributed by atoms with Crippen molar-refractivity contribution in [1.29, 1.82) is 0 Å². The first-order chi connectivity index (χ1) is 21.9. The van der Waals surface area contributed by atoms with Gasteiger partial charge in [0.05, 0.1) is 18.1 Å². The summed E-state index contributed by atoms with van der Waals surface area (Å²) in [6, 6.07) is 15.9. The van der Waals surface area contributed by atoms with E-state index in [-0.39, 0.29) is 33.8 Å². The lowest BCUT2D eigenvalue weighted by atomic mass is 9.87. The van der Waals surface area contributed by atoms with E-state index in [0.717, 1.165) is 12.8 Å². The molecular formula is C35H36F4N4O3. The molecule has 1 atom stereocenters. The number of benzene rings is 2. The topological polar surface area (TPSA) is 101 Å². The van der Waals surface area contributed by atoms with Gasteiger partial charge in [-0.1, -0.05) is 49.1 Å². The summed E-state index contributed by atoms with van der Waals surface area (Å²) in [5.74, 6) is -0.636. The summed E-state index contributed by atoms with van der Waals surface area (Å²) in [7, 11) is 0. The number of halogens is 4. The molecule has 242 valence electrons. The Labute approximate surface area is 265 Å². The molecule has 1 aliphatic heterocycles. The molecule has 7 nitrogen and oxygen atoms in total. The number of nitrogens with two attached hydrogens (primary N) is 1. The Morgan fingerprint density at radius 1 is 1.13 bits per heavy atom. The first-order valence-electron chi connectivity index (χ1n) is 15.0. The van der Waals surface area contributed by atoms with Crippen molar-refractivity contribution in [2.45, 2.75) is 43.5 Å². The number of hydrogen-bond donors (Lipinski definition) is 3. The van der Waals surface area contributed by atoms with Gasteiger partial charge in [-0.25, -0.2) is 9.37 Å². The number of nitrogen functional groups attached to an aromatic ring is 1. The van der Waals surface area contributed by atoms with Gasteiger partial charge in [0.2, 0.25) is 11.8 Å². The number of nitrogens with one attached hydrogen (secondary N) is 1. The lowest BCUT2D eigenvalue weighted by Gasteiger charge is -2.20. The molecule has 1 amide bonds. The van der Waals surface area contributed by atoms with Crippen LogP contribution in [0.15, 0.2) is 85.6 Å². The minimum Gasteiger partial charge on any atom is -0.476 e. The summed E-state index contributed by atoms with van der Waals surface area (Å²) in [4.78, 5) is 18.3. The Bertz CT molecular complexity index is 1620. The van der Waals surface area contributed by atoms with Crippen LogP contribution in [0.1, 0.15) is 47.9 Å². The number of pyridine rings is 1. The summed E-state index contributed by atoms with van der Waals surface area (Å²) < 4.78 is 62.1. The fourth-order valence-corrected chi connectivity index (χ4v) is 5.47. The highest BCUT2D eigenvalue weighted by molar-refractivity contribution is 5.99. The average molecular weight is 637 g/mol. The number of carbonyl (C=O) groups is 1. The molecule has 2 heterocycles. The fraction of sp³-hybridized carbons (Fsp3) is 0.314. The van der Waals surface area contributed by atoms with Gasteiger partial charge >= 0.3 is 6.18 Å². The molecule has 2 fully saturated rings. The van der Waals surface area contributed by atoms with Crippen molar-refractivity contribution in [2.24, 2.45) is 0 Å². The first kappa shape index (κ1) is 32.9. The van der Waals surface area contributed by atoms with Gasteiger partial charge in [0, 0.05) is 54.8 Å². The molecule has 0 radical (unpaired) electrons. The van der Waals surface area contributed by atoms with Crippen LogP contribution < -0.4 is 15.8 Å². The minimum atomic E-state index is -4.53. The van der Waals surface area contributed by atoms with Gasteiger partial charge in [-0.05, 0) is 59.7 Å². The largest absolute Gasteiger partial charge is 0.476 e. The van der Waals surface area contributed by atoms with Crippen molar-refractivity contribution < 1.29 is 32.2 Å². The predicted molar refractivity (Wildman–Crippen MR) is 170 cm³/mol. The monoisotopic (exact) mass is 636 g/mol. The van der Waals surface area contributed by atoms with Gasteiger partial charge in [0.25, 0.3) is 0 Å². The zero-order valence-corrected chi connectivity index (χ0v) is 25.2. The molecule has 11 heteroatoms. The number of aliphatic hydroxyl groups excluding tert-OH is 1. The number of aliphatic hydroxyl groups is 1. The Hall–Kier alpha value is -4.48. The van der Waals surface area contributed by atoms with E-state index in [1.54, 1.807) is 59.5 Å². The smallest absolute Gasteiger partial charge is 0.393 e. The standard InChI is InChI=1S/C35H36F4N4O3/c1-23(36)28-18-25(9-11-30(28)40)33(29(19-35(37,38)39)24-6-3-2-4-7-24)26-10-12-31(41-20-26)46-22-34(14-15-34)42-16-5-8-32(45)43-17-13-27(44)21-43/h2-12,18,20,27,42,44H,1,13-17,19,21-22,40H2/b8-5+,33-29-. The third kappa shape index (κ3) is 8.41. The highest BCUT2D eigenvalue weighted by Crippen LogP contribution is 2.41. The molecule has 3 aromatic rings. The molecule has 1 aromatic heterocycles. The number of likely N-dealkylation sites (tertiary alicyclic amines) is 1. The van der Waals surface area contributed by atoms with Gasteiger partial charge in [-0.2, -0.15) is 13.2 Å². The summed E-state index contributed by atoms with van der Waals surface area (Å²) in [6.07, 6.45) is 0.803. The summed E-state index contributed by atoms with van der Waals surface area (Å²) >= 11 is 0. The SMILES string of the molecule is C=C(F)c1cc(/C(=C(\CC(F)(F)F)c2ccccc2)c2ccc(OCC3(NC/C=C/C(=O)N4CCC(O)C4)CC3)nc2)ccc1N. The van der Waals surface area contributed by atoms with Gasteiger partial charge in [0.15, 0.2) is 0 Å². The summed E-state index contributed by atoms with van der Waals surface area (Å²) in [5.41, 5.74) is 7.08. The zero-order valence-electron chi connectivity index (χ0n) is 25.2. The van der Waals surface area contributed by atoms with Gasteiger partial charge in [0.1, 0.15) is 12.4 Å². The van der Waals surface area contributed by atoms with Crippen LogP contribution in [0.5, 0.6) is 5.88 Å². The maximum Gasteiger partial charge on any atom is 0.393 e. The number of anilines is 1. The Morgan fingerprint density at radius 3 is 2.48 bits per heavy atom. The van der Waals surface area contributed by atoms with Crippen molar-refractivity contribution in [3.8, 4) is 5.88 Å². The van der Waals surface area contributed by atoms with E-state index in [9.17, 15) is 27.5 Å². The average Bonchev–Trinajstić information content (AvgIpc) is 3.67. The van der Waals surface area contributed by atoms with E-state index >= 15 is 0 Å². The van der Waals surface area contributed by atoms with Crippen LogP contribution in [-0.4, -0.2) is 65.0 Å². The summed E-state index contributed by atoms with van der Waals surface area (Å²) in [6.45, 7) is 4.99. The maximum absolute atomic E-state index is 14.3.